The number of benzene rings is 1. The van der Waals surface area contributed by atoms with Gasteiger partial charge in [-0.1, -0.05) is 23.7 Å². The Morgan fingerprint density at radius 3 is 3.00 bits per heavy atom. The third-order valence-corrected chi connectivity index (χ3v) is 2.40. The van der Waals surface area contributed by atoms with Crippen LogP contribution in [0.5, 0.6) is 0 Å². The van der Waals surface area contributed by atoms with Gasteiger partial charge >= 0.3 is 0 Å². The van der Waals surface area contributed by atoms with Crippen LogP contribution in [0, 0.1) is 6.92 Å². The third kappa shape index (κ3) is 3.18. The molecule has 0 unspecified atom stereocenters. The maximum absolute atomic E-state index is 11.6. The molecule has 0 saturated heterocycles. The van der Waals surface area contributed by atoms with E-state index >= 15 is 0 Å². The van der Waals surface area contributed by atoms with Gasteiger partial charge in [0.25, 0.3) is 5.91 Å². The fourth-order valence-corrected chi connectivity index (χ4v) is 1.54. The van der Waals surface area contributed by atoms with Crippen molar-refractivity contribution < 1.29 is 4.79 Å². The topological polar surface area (TPSA) is 70.1 Å². The second-order valence-electron chi connectivity index (χ2n) is 3.69. The predicted octanol–water partition coefficient (Wildman–Crippen LogP) is 2.14. The lowest BCUT2D eigenvalue weighted by Gasteiger charge is -1.95. The molecule has 0 aliphatic carbocycles. The summed E-state index contributed by atoms with van der Waals surface area (Å²) in [6.07, 6.45) is 1.52. The quantitative estimate of drug-likeness (QED) is 0.657. The summed E-state index contributed by atoms with van der Waals surface area (Å²) in [5.41, 5.74) is 4.31. The highest BCUT2D eigenvalue weighted by Gasteiger charge is 2.07. The van der Waals surface area contributed by atoms with E-state index in [1.165, 1.54) is 6.21 Å². The molecule has 0 atom stereocenters. The molecular weight excluding hydrogens is 252 g/mol. The smallest absolute Gasteiger partial charge is 0.282 e. The van der Waals surface area contributed by atoms with Gasteiger partial charge in [0, 0.05) is 10.7 Å². The van der Waals surface area contributed by atoms with Gasteiger partial charge in [-0.3, -0.25) is 9.89 Å². The van der Waals surface area contributed by atoms with Crippen molar-refractivity contribution in [3.8, 4) is 0 Å². The number of nitrogens with one attached hydrogen (secondary N) is 2. The summed E-state index contributed by atoms with van der Waals surface area (Å²) in [5, 5.41) is 11.0. The number of carbonyl (C=O) groups is 1. The maximum atomic E-state index is 11.6. The summed E-state index contributed by atoms with van der Waals surface area (Å²) < 4.78 is 0. The summed E-state index contributed by atoms with van der Waals surface area (Å²) in [7, 11) is 0. The van der Waals surface area contributed by atoms with E-state index in [1.54, 1.807) is 18.2 Å². The van der Waals surface area contributed by atoms with Gasteiger partial charge in [0.15, 0.2) is 5.69 Å². The van der Waals surface area contributed by atoms with Crippen molar-refractivity contribution in [2.24, 2.45) is 5.10 Å². The molecule has 0 radical (unpaired) electrons. The van der Waals surface area contributed by atoms with E-state index < -0.39 is 0 Å². The van der Waals surface area contributed by atoms with Crippen LogP contribution in [-0.2, 0) is 0 Å². The van der Waals surface area contributed by atoms with Crippen LogP contribution in [-0.4, -0.2) is 22.3 Å². The molecule has 0 fully saturated rings. The van der Waals surface area contributed by atoms with Crippen molar-refractivity contribution in [2.75, 3.05) is 0 Å². The van der Waals surface area contributed by atoms with Crippen molar-refractivity contribution in [2.45, 2.75) is 6.92 Å². The summed E-state index contributed by atoms with van der Waals surface area (Å²) >= 11 is 5.82. The van der Waals surface area contributed by atoms with Crippen LogP contribution in [0.2, 0.25) is 5.02 Å². The molecule has 0 saturated carbocycles. The molecule has 2 rings (SSSR count). The molecular formula is C12H11ClN4O. The number of hydrogen-bond donors (Lipinski definition) is 2. The number of halogens is 1. The highest BCUT2D eigenvalue weighted by atomic mass is 35.5. The van der Waals surface area contributed by atoms with Crippen LogP contribution in [0.25, 0.3) is 0 Å². The highest BCUT2D eigenvalue weighted by molar-refractivity contribution is 6.30. The largest absolute Gasteiger partial charge is 0.291 e. The second-order valence-corrected chi connectivity index (χ2v) is 4.13. The normalized spacial score (nSPS) is 10.8. The molecule has 1 amide bonds. The highest BCUT2D eigenvalue weighted by Crippen LogP contribution is 2.08. The fourth-order valence-electron chi connectivity index (χ4n) is 1.34. The molecule has 0 spiro atoms. The van der Waals surface area contributed by atoms with Crippen molar-refractivity contribution in [3.63, 3.8) is 0 Å². The lowest BCUT2D eigenvalue weighted by Crippen LogP contribution is -2.17. The van der Waals surface area contributed by atoms with Gasteiger partial charge in [0.1, 0.15) is 0 Å². The second kappa shape index (κ2) is 5.46. The summed E-state index contributed by atoms with van der Waals surface area (Å²) in [6.45, 7) is 1.82. The number of amides is 1. The molecule has 92 valence electrons. The number of aryl methyl sites for hydroxylation is 1. The van der Waals surface area contributed by atoms with Crippen LogP contribution in [0.3, 0.4) is 0 Å². The number of hydrogen-bond acceptors (Lipinski definition) is 3. The Hall–Kier alpha value is -2.14. The summed E-state index contributed by atoms with van der Waals surface area (Å²) in [6, 6.07) is 8.80. The number of rotatable bonds is 3. The molecule has 5 nitrogen and oxygen atoms in total. The van der Waals surface area contributed by atoms with E-state index in [4.69, 9.17) is 11.6 Å². The van der Waals surface area contributed by atoms with Gasteiger partial charge < -0.3 is 0 Å². The van der Waals surface area contributed by atoms with Crippen LogP contribution in [0.4, 0.5) is 0 Å². The van der Waals surface area contributed by atoms with E-state index in [9.17, 15) is 4.79 Å². The van der Waals surface area contributed by atoms with Gasteiger partial charge in [0.05, 0.1) is 6.21 Å². The molecule has 1 heterocycles. The van der Waals surface area contributed by atoms with Crippen molar-refractivity contribution in [1.82, 2.24) is 15.6 Å². The average molecular weight is 263 g/mol. The van der Waals surface area contributed by atoms with E-state index in [0.29, 0.717) is 10.7 Å². The van der Waals surface area contributed by atoms with Gasteiger partial charge in [0.2, 0.25) is 0 Å². The maximum Gasteiger partial charge on any atom is 0.291 e. The molecule has 0 bridgehead atoms. The number of aromatic nitrogens is 2. The van der Waals surface area contributed by atoms with Crippen LogP contribution in [0.1, 0.15) is 21.7 Å². The lowest BCUT2D eigenvalue weighted by atomic mass is 10.2. The van der Waals surface area contributed by atoms with Crippen LogP contribution < -0.4 is 5.43 Å². The molecule has 18 heavy (non-hydrogen) atoms. The zero-order chi connectivity index (χ0) is 13.0. The van der Waals surface area contributed by atoms with Crippen molar-refractivity contribution in [3.05, 3.63) is 52.3 Å². The van der Waals surface area contributed by atoms with Gasteiger partial charge in [-0.2, -0.15) is 10.2 Å². The minimum atomic E-state index is -0.363. The summed E-state index contributed by atoms with van der Waals surface area (Å²) in [5.74, 6) is -0.363. The fraction of sp³-hybridized carbons (Fsp3) is 0.0833. The first-order chi connectivity index (χ1) is 8.65. The number of carbonyl (C=O) groups excluding carboxylic acids is 1. The Morgan fingerprint density at radius 2 is 2.33 bits per heavy atom. The molecule has 0 aliphatic heterocycles. The van der Waals surface area contributed by atoms with Gasteiger partial charge in [-0.25, -0.2) is 5.43 Å². The molecule has 1 aromatic carbocycles. The first kappa shape index (κ1) is 12.3. The molecule has 2 aromatic rings. The van der Waals surface area contributed by atoms with E-state index in [2.05, 4.69) is 20.7 Å². The Kier molecular flexibility index (Phi) is 3.74. The Labute approximate surface area is 109 Å². The molecule has 2 N–H and O–H groups in total. The standard InChI is InChI=1S/C12H11ClN4O/c1-8-5-11(16-15-8)12(18)17-14-7-9-3-2-4-10(13)6-9/h2-7H,1H3,(H,15,16)(H,17,18)/b14-7-. The number of H-pyrrole nitrogens is 1. The number of hydrazone groups is 1. The molecule has 1 aromatic heterocycles. The van der Waals surface area contributed by atoms with E-state index in [1.807, 2.05) is 19.1 Å². The minimum absolute atomic E-state index is 0.302. The van der Waals surface area contributed by atoms with Crippen molar-refractivity contribution in [1.29, 1.82) is 0 Å². The van der Waals surface area contributed by atoms with E-state index in [-0.39, 0.29) is 5.91 Å². The Morgan fingerprint density at radius 1 is 1.50 bits per heavy atom. The van der Waals surface area contributed by atoms with Crippen LogP contribution in [0.15, 0.2) is 35.4 Å². The van der Waals surface area contributed by atoms with Gasteiger partial charge in [-0.05, 0) is 30.7 Å². The SMILES string of the molecule is Cc1cc(C(=O)N/N=C\c2cccc(Cl)c2)n[nH]1. The van der Waals surface area contributed by atoms with Crippen LogP contribution >= 0.6 is 11.6 Å². The van der Waals surface area contributed by atoms with Crippen molar-refractivity contribution >= 4 is 23.7 Å². The Balaban J connectivity index is 1.97. The van der Waals surface area contributed by atoms with Gasteiger partial charge in [-0.15, -0.1) is 0 Å². The lowest BCUT2D eigenvalue weighted by molar-refractivity contribution is 0.0950. The Bertz CT molecular complexity index is 591. The molecule has 0 aliphatic rings. The summed E-state index contributed by atoms with van der Waals surface area (Å²) in [4.78, 5) is 11.6. The molecule has 6 heteroatoms. The predicted molar refractivity (Wildman–Crippen MR) is 69.8 cm³/mol. The third-order valence-electron chi connectivity index (χ3n) is 2.17. The van der Waals surface area contributed by atoms with E-state index in [0.717, 1.165) is 11.3 Å². The zero-order valence-electron chi connectivity index (χ0n) is 9.64. The zero-order valence-corrected chi connectivity index (χ0v) is 10.4. The first-order valence-corrected chi connectivity index (χ1v) is 5.64. The average Bonchev–Trinajstić information content (AvgIpc) is 2.76. The monoisotopic (exact) mass is 262 g/mol. The number of nitrogens with zero attached hydrogens (tertiary/aromatic N) is 2. The minimum Gasteiger partial charge on any atom is -0.282 e. The first-order valence-electron chi connectivity index (χ1n) is 5.26. The number of aromatic amines is 1.